The normalized spacial score (nSPS) is 15.0. The van der Waals surface area contributed by atoms with Crippen LogP contribution in [0, 0.1) is 6.92 Å². The van der Waals surface area contributed by atoms with Gasteiger partial charge < -0.3 is 14.6 Å². The fourth-order valence-electron chi connectivity index (χ4n) is 2.95. The zero-order chi connectivity index (χ0) is 17.1. The lowest BCUT2D eigenvalue weighted by Crippen LogP contribution is -2.29. The summed E-state index contributed by atoms with van der Waals surface area (Å²) in [7, 11) is 0. The average molecular weight is 381 g/mol. The Morgan fingerprint density at radius 3 is 2.92 bits per heavy atom. The lowest BCUT2D eigenvalue weighted by atomic mass is 10.1. The van der Waals surface area contributed by atoms with Crippen molar-refractivity contribution in [2.24, 2.45) is 0 Å². The standard InChI is InChI=1S/C15H20N8O2.ClH/c1-11-15(20-25-19-11)24-9-8-22-7-6-17-14(22)13-10-23(21-18-13)12-2-4-16-5-3-12;/h6-7,10,12,16H,2-5,8-9H2,1H3;1H. The highest BCUT2D eigenvalue weighted by Gasteiger charge is 2.18. The van der Waals surface area contributed by atoms with Crippen LogP contribution >= 0.6 is 12.4 Å². The summed E-state index contributed by atoms with van der Waals surface area (Å²) in [4.78, 5) is 4.41. The molecule has 4 heterocycles. The first-order valence-electron chi connectivity index (χ1n) is 8.37. The molecular formula is C15H21ClN8O2. The summed E-state index contributed by atoms with van der Waals surface area (Å²) in [5, 5.41) is 19.3. The second-order valence-corrected chi connectivity index (χ2v) is 6.01. The number of rotatable bonds is 6. The minimum absolute atomic E-state index is 0. The van der Waals surface area contributed by atoms with Crippen LogP contribution in [-0.4, -0.2) is 54.6 Å². The van der Waals surface area contributed by atoms with Crippen LogP contribution in [0.4, 0.5) is 0 Å². The molecule has 0 saturated carbocycles. The topological polar surface area (TPSA) is 109 Å². The molecular weight excluding hydrogens is 360 g/mol. The SMILES string of the molecule is Cc1nonc1OCCn1ccnc1-c1cn(C2CCNCC2)nn1.Cl. The van der Waals surface area contributed by atoms with Gasteiger partial charge in [-0.15, -0.1) is 17.5 Å². The monoisotopic (exact) mass is 380 g/mol. The number of aryl methyl sites for hydroxylation is 1. The van der Waals surface area contributed by atoms with Crippen LogP contribution in [0.1, 0.15) is 24.6 Å². The van der Waals surface area contributed by atoms with Gasteiger partial charge in [0.2, 0.25) is 0 Å². The Hall–Kier alpha value is -2.46. The molecule has 10 nitrogen and oxygen atoms in total. The first kappa shape index (κ1) is 18.3. The second-order valence-electron chi connectivity index (χ2n) is 6.01. The zero-order valence-electron chi connectivity index (χ0n) is 14.4. The quantitative estimate of drug-likeness (QED) is 0.680. The van der Waals surface area contributed by atoms with E-state index in [1.54, 1.807) is 13.1 Å². The number of nitrogens with one attached hydrogen (secondary N) is 1. The molecule has 1 N–H and O–H groups in total. The predicted octanol–water partition coefficient (Wildman–Crippen LogP) is 1.26. The molecule has 0 radical (unpaired) electrons. The van der Waals surface area contributed by atoms with E-state index in [4.69, 9.17) is 4.74 Å². The van der Waals surface area contributed by atoms with Gasteiger partial charge in [0, 0.05) is 12.4 Å². The Labute approximate surface area is 156 Å². The molecule has 3 aromatic heterocycles. The zero-order valence-corrected chi connectivity index (χ0v) is 15.2. The van der Waals surface area contributed by atoms with Crippen LogP contribution in [0.15, 0.2) is 23.2 Å². The van der Waals surface area contributed by atoms with Gasteiger partial charge >= 0.3 is 0 Å². The molecule has 0 atom stereocenters. The highest BCUT2D eigenvalue weighted by molar-refractivity contribution is 5.85. The maximum absolute atomic E-state index is 5.58. The Bertz CT molecular complexity index is 823. The molecule has 0 amide bonds. The Balaban J connectivity index is 0.00000196. The van der Waals surface area contributed by atoms with Gasteiger partial charge in [-0.25, -0.2) is 14.3 Å². The first-order chi connectivity index (χ1) is 12.3. The number of nitrogens with zero attached hydrogens (tertiary/aromatic N) is 7. The summed E-state index contributed by atoms with van der Waals surface area (Å²) in [6.07, 6.45) is 7.76. The Morgan fingerprint density at radius 2 is 2.15 bits per heavy atom. The molecule has 0 spiro atoms. The molecule has 1 aliphatic heterocycles. The van der Waals surface area contributed by atoms with E-state index in [0.717, 1.165) is 37.4 Å². The van der Waals surface area contributed by atoms with Crippen molar-refractivity contribution < 1.29 is 9.37 Å². The van der Waals surface area contributed by atoms with Crippen LogP contribution in [0.2, 0.25) is 0 Å². The van der Waals surface area contributed by atoms with E-state index in [1.807, 2.05) is 21.6 Å². The second kappa shape index (κ2) is 8.28. The minimum Gasteiger partial charge on any atom is -0.472 e. The van der Waals surface area contributed by atoms with Crippen molar-refractivity contribution in [1.29, 1.82) is 0 Å². The molecule has 0 aromatic carbocycles. The van der Waals surface area contributed by atoms with Crippen molar-refractivity contribution in [2.75, 3.05) is 19.7 Å². The summed E-state index contributed by atoms with van der Waals surface area (Å²) in [5.74, 6) is 1.19. The number of hydrogen-bond acceptors (Lipinski definition) is 8. The lowest BCUT2D eigenvalue weighted by molar-refractivity contribution is 0.248. The molecule has 0 unspecified atom stereocenters. The number of piperidine rings is 1. The summed E-state index contributed by atoms with van der Waals surface area (Å²) in [5.41, 5.74) is 1.40. The smallest absolute Gasteiger partial charge is 0.278 e. The van der Waals surface area contributed by atoms with Crippen LogP contribution in [0.3, 0.4) is 0 Å². The fourth-order valence-corrected chi connectivity index (χ4v) is 2.95. The number of aromatic nitrogens is 7. The Kier molecular flexibility index (Phi) is 5.84. The van der Waals surface area contributed by atoms with E-state index < -0.39 is 0 Å². The maximum atomic E-state index is 5.58. The first-order valence-corrected chi connectivity index (χ1v) is 8.37. The van der Waals surface area contributed by atoms with Crippen molar-refractivity contribution in [2.45, 2.75) is 32.4 Å². The molecule has 1 aliphatic rings. The van der Waals surface area contributed by atoms with E-state index in [9.17, 15) is 0 Å². The number of ether oxygens (including phenoxy) is 1. The van der Waals surface area contributed by atoms with Crippen molar-refractivity contribution >= 4 is 12.4 Å². The van der Waals surface area contributed by atoms with Gasteiger partial charge in [0.25, 0.3) is 5.88 Å². The Morgan fingerprint density at radius 1 is 1.31 bits per heavy atom. The van der Waals surface area contributed by atoms with Gasteiger partial charge in [-0.3, -0.25) is 0 Å². The molecule has 1 fully saturated rings. The van der Waals surface area contributed by atoms with Gasteiger partial charge in [0.15, 0.2) is 5.82 Å². The molecule has 11 heteroatoms. The maximum Gasteiger partial charge on any atom is 0.278 e. The summed E-state index contributed by atoms with van der Waals surface area (Å²) in [6.45, 7) is 4.86. The molecule has 140 valence electrons. The molecule has 4 rings (SSSR count). The predicted molar refractivity (Wildman–Crippen MR) is 94.2 cm³/mol. The molecule has 3 aromatic rings. The number of halogens is 1. The summed E-state index contributed by atoms with van der Waals surface area (Å²) in [6, 6.07) is 0.400. The molecule has 1 saturated heterocycles. The molecule has 0 bridgehead atoms. The number of imidazole rings is 1. The van der Waals surface area contributed by atoms with E-state index in [0.29, 0.717) is 30.8 Å². The van der Waals surface area contributed by atoms with Gasteiger partial charge in [-0.2, -0.15) is 0 Å². The van der Waals surface area contributed by atoms with E-state index in [2.05, 4.69) is 35.6 Å². The third kappa shape index (κ3) is 3.86. The molecule has 0 aliphatic carbocycles. The van der Waals surface area contributed by atoms with Gasteiger partial charge in [0.1, 0.15) is 18.0 Å². The van der Waals surface area contributed by atoms with Crippen molar-refractivity contribution in [3.8, 4) is 17.4 Å². The van der Waals surface area contributed by atoms with Crippen molar-refractivity contribution in [3.63, 3.8) is 0 Å². The lowest BCUT2D eigenvalue weighted by Gasteiger charge is -2.22. The fraction of sp³-hybridized carbons (Fsp3) is 0.533. The average Bonchev–Trinajstić information content (AvgIpc) is 3.37. The number of hydrogen-bond donors (Lipinski definition) is 1. The van der Waals surface area contributed by atoms with Crippen LogP contribution in [0.5, 0.6) is 5.88 Å². The van der Waals surface area contributed by atoms with Crippen molar-refractivity contribution in [3.05, 3.63) is 24.3 Å². The van der Waals surface area contributed by atoms with E-state index in [-0.39, 0.29) is 12.4 Å². The van der Waals surface area contributed by atoms with Gasteiger partial charge in [-0.1, -0.05) is 10.4 Å². The van der Waals surface area contributed by atoms with E-state index in [1.165, 1.54) is 0 Å². The molecule has 26 heavy (non-hydrogen) atoms. The van der Waals surface area contributed by atoms with Gasteiger partial charge in [0.05, 0.1) is 18.8 Å². The van der Waals surface area contributed by atoms with Crippen LogP contribution in [0.25, 0.3) is 11.5 Å². The third-order valence-electron chi connectivity index (χ3n) is 4.32. The summed E-state index contributed by atoms with van der Waals surface area (Å²) >= 11 is 0. The van der Waals surface area contributed by atoms with Crippen LogP contribution in [-0.2, 0) is 6.54 Å². The third-order valence-corrected chi connectivity index (χ3v) is 4.32. The highest BCUT2D eigenvalue weighted by Crippen LogP contribution is 2.21. The minimum atomic E-state index is 0. The largest absolute Gasteiger partial charge is 0.472 e. The van der Waals surface area contributed by atoms with Crippen molar-refractivity contribution in [1.82, 2.24) is 40.2 Å². The summed E-state index contributed by atoms with van der Waals surface area (Å²) < 4.78 is 14.1. The van der Waals surface area contributed by atoms with Gasteiger partial charge in [-0.05, 0) is 38.0 Å². The highest BCUT2D eigenvalue weighted by atomic mass is 35.5. The van der Waals surface area contributed by atoms with E-state index >= 15 is 0 Å². The van der Waals surface area contributed by atoms with Crippen LogP contribution < -0.4 is 10.1 Å².